The van der Waals surface area contributed by atoms with Crippen LogP contribution in [0, 0.1) is 0 Å². The van der Waals surface area contributed by atoms with Crippen molar-refractivity contribution in [3.05, 3.63) is 35.9 Å². The molecule has 0 aliphatic carbocycles. The van der Waals surface area contributed by atoms with E-state index in [9.17, 15) is 4.79 Å². The van der Waals surface area contributed by atoms with Crippen molar-refractivity contribution in [1.82, 2.24) is 10.2 Å². The summed E-state index contributed by atoms with van der Waals surface area (Å²) in [6.45, 7) is 2.26. The third kappa shape index (κ3) is 3.75. The zero-order chi connectivity index (χ0) is 12.1. The maximum absolute atomic E-state index is 11.5. The summed E-state index contributed by atoms with van der Waals surface area (Å²) < 4.78 is 5.16. The summed E-state index contributed by atoms with van der Waals surface area (Å²) in [5.74, 6) is 0. The van der Waals surface area contributed by atoms with Gasteiger partial charge in [0.25, 0.3) is 0 Å². The molecular weight excluding hydrogens is 216 g/mol. The molecule has 4 heteroatoms. The van der Waals surface area contributed by atoms with Crippen molar-refractivity contribution in [3.8, 4) is 0 Å². The molecule has 0 aromatic heterocycles. The second-order valence-corrected chi connectivity index (χ2v) is 4.45. The van der Waals surface area contributed by atoms with E-state index in [0.717, 1.165) is 25.1 Å². The highest BCUT2D eigenvalue weighted by molar-refractivity contribution is 5.67. The number of benzene rings is 1. The summed E-state index contributed by atoms with van der Waals surface area (Å²) in [5, 5.41) is 2.88. The van der Waals surface area contributed by atoms with Gasteiger partial charge in [0.15, 0.2) is 0 Å². The zero-order valence-corrected chi connectivity index (χ0v) is 10.1. The van der Waals surface area contributed by atoms with Gasteiger partial charge in [0.2, 0.25) is 0 Å². The second-order valence-electron chi connectivity index (χ2n) is 4.45. The minimum atomic E-state index is -0.325. The molecule has 2 rings (SSSR count). The number of hydrogen-bond acceptors (Lipinski definition) is 3. The van der Waals surface area contributed by atoms with Crippen molar-refractivity contribution in [3.63, 3.8) is 0 Å². The summed E-state index contributed by atoms with van der Waals surface area (Å²) in [6, 6.07) is 9.92. The van der Waals surface area contributed by atoms with Crippen molar-refractivity contribution < 1.29 is 9.53 Å². The van der Waals surface area contributed by atoms with Gasteiger partial charge in [-0.25, -0.2) is 4.79 Å². The molecule has 1 heterocycles. The van der Waals surface area contributed by atoms with Crippen LogP contribution in [0.3, 0.4) is 0 Å². The van der Waals surface area contributed by atoms with Crippen molar-refractivity contribution in [2.75, 3.05) is 20.1 Å². The molecule has 1 aliphatic rings. The fourth-order valence-electron chi connectivity index (χ4n) is 1.98. The van der Waals surface area contributed by atoms with Gasteiger partial charge >= 0.3 is 6.09 Å². The standard InChI is InChI=1S/C13H18N2O2/c1-15-8-7-12(9-15)14-13(16)17-10-11-5-3-2-4-6-11/h2-6,12H,7-10H2,1H3,(H,14,16)/t12-/m0/s1. The molecule has 1 fully saturated rings. The molecule has 1 N–H and O–H groups in total. The number of nitrogens with one attached hydrogen (secondary N) is 1. The molecule has 0 saturated carbocycles. The van der Waals surface area contributed by atoms with Crippen LogP contribution in [0.1, 0.15) is 12.0 Å². The minimum absolute atomic E-state index is 0.225. The summed E-state index contributed by atoms with van der Waals surface area (Å²) in [5.41, 5.74) is 1.01. The molecule has 0 bridgehead atoms. The van der Waals surface area contributed by atoms with Gasteiger partial charge in [0, 0.05) is 12.6 Å². The van der Waals surface area contributed by atoms with Crippen LogP contribution in [0.4, 0.5) is 4.79 Å². The molecule has 92 valence electrons. The summed E-state index contributed by atoms with van der Waals surface area (Å²) in [7, 11) is 2.05. The quantitative estimate of drug-likeness (QED) is 0.864. The van der Waals surface area contributed by atoms with Gasteiger partial charge in [-0.3, -0.25) is 0 Å². The fourth-order valence-corrected chi connectivity index (χ4v) is 1.98. The number of alkyl carbamates (subject to hydrolysis) is 1. The van der Waals surface area contributed by atoms with E-state index >= 15 is 0 Å². The van der Waals surface area contributed by atoms with Gasteiger partial charge in [-0.15, -0.1) is 0 Å². The van der Waals surface area contributed by atoms with Gasteiger partial charge in [-0.1, -0.05) is 30.3 Å². The number of likely N-dealkylation sites (tertiary alicyclic amines) is 1. The monoisotopic (exact) mass is 234 g/mol. The lowest BCUT2D eigenvalue weighted by Gasteiger charge is -2.12. The lowest BCUT2D eigenvalue weighted by Crippen LogP contribution is -2.36. The number of carbonyl (C=O) groups is 1. The Morgan fingerprint density at radius 3 is 2.88 bits per heavy atom. The average molecular weight is 234 g/mol. The van der Waals surface area contributed by atoms with E-state index in [-0.39, 0.29) is 12.1 Å². The number of nitrogens with zero attached hydrogens (tertiary/aromatic N) is 1. The Hall–Kier alpha value is -1.55. The van der Waals surface area contributed by atoms with Crippen LogP contribution < -0.4 is 5.32 Å². The van der Waals surface area contributed by atoms with E-state index in [1.54, 1.807) is 0 Å². The fraction of sp³-hybridized carbons (Fsp3) is 0.462. The Bertz CT molecular complexity index is 367. The molecule has 1 saturated heterocycles. The number of hydrogen-bond donors (Lipinski definition) is 1. The Morgan fingerprint density at radius 2 is 2.24 bits per heavy atom. The lowest BCUT2D eigenvalue weighted by atomic mass is 10.2. The first-order valence-corrected chi connectivity index (χ1v) is 5.90. The zero-order valence-electron chi connectivity index (χ0n) is 10.1. The SMILES string of the molecule is CN1CC[C@H](NC(=O)OCc2ccccc2)C1. The summed E-state index contributed by atoms with van der Waals surface area (Å²) >= 11 is 0. The molecule has 1 aliphatic heterocycles. The highest BCUT2D eigenvalue weighted by Gasteiger charge is 2.21. The normalized spacial score (nSPS) is 20.2. The maximum Gasteiger partial charge on any atom is 0.407 e. The summed E-state index contributed by atoms with van der Waals surface area (Å²) in [4.78, 5) is 13.7. The Morgan fingerprint density at radius 1 is 1.47 bits per heavy atom. The first-order chi connectivity index (χ1) is 8.24. The van der Waals surface area contributed by atoms with Crippen molar-refractivity contribution in [1.29, 1.82) is 0 Å². The van der Waals surface area contributed by atoms with Crippen LogP contribution in [0.5, 0.6) is 0 Å². The van der Waals surface area contributed by atoms with Crippen molar-refractivity contribution in [2.45, 2.75) is 19.1 Å². The molecule has 1 aromatic carbocycles. The predicted molar refractivity (Wildman–Crippen MR) is 65.7 cm³/mol. The Labute approximate surface area is 102 Å². The van der Waals surface area contributed by atoms with Gasteiger partial charge < -0.3 is 15.0 Å². The van der Waals surface area contributed by atoms with Gasteiger partial charge in [0.1, 0.15) is 6.61 Å². The van der Waals surface area contributed by atoms with Crippen LogP contribution in [0.15, 0.2) is 30.3 Å². The molecule has 0 radical (unpaired) electrons. The van der Waals surface area contributed by atoms with E-state index in [0.29, 0.717) is 6.61 Å². The van der Waals surface area contributed by atoms with Crippen molar-refractivity contribution in [2.24, 2.45) is 0 Å². The maximum atomic E-state index is 11.5. The highest BCUT2D eigenvalue weighted by atomic mass is 16.5. The Balaban J connectivity index is 1.71. The molecule has 1 atom stereocenters. The third-order valence-electron chi connectivity index (χ3n) is 2.93. The molecule has 0 spiro atoms. The highest BCUT2D eigenvalue weighted by Crippen LogP contribution is 2.07. The third-order valence-corrected chi connectivity index (χ3v) is 2.93. The van der Waals surface area contributed by atoms with Crippen LogP contribution in [-0.2, 0) is 11.3 Å². The lowest BCUT2D eigenvalue weighted by molar-refractivity contribution is 0.136. The number of rotatable bonds is 3. The summed E-state index contributed by atoms with van der Waals surface area (Å²) in [6.07, 6.45) is 0.672. The number of likely N-dealkylation sites (N-methyl/N-ethyl adjacent to an activating group) is 1. The first kappa shape index (κ1) is 11.9. The molecule has 0 unspecified atom stereocenters. The minimum Gasteiger partial charge on any atom is -0.445 e. The predicted octanol–water partition coefficient (Wildman–Crippen LogP) is 1.62. The van der Waals surface area contributed by atoms with Gasteiger partial charge in [-0.2, -0.15) is 0 Å². The van der Waals surface area contributed by atoms with Crippen LogP contribution in [0.25, 0.3) is 0 Å². The molecule has 4 nitrogen and oxygen atoms in total. The molecule has 1 aromatic rings. The Kier molecular flexibility index (Phi) is 3.98. The van der Waals surface area contributed by atoms with E-state index in [1.165, 1.54) is 0 Å². The van der Waals surface area contributed by atoms with E-state index in [1.807, 2.05) is 30.3 Å². The van der Waals surface area contributed by atoms with Crippen LogP contribution in [-0.4, -0.2) is 37.2 Å². The van der Waals surface area contributed by atoms with E-state index in [4.69, 9.17) is 4.74 Å². The van der Waals surface area contributed by atoms with E-state index < -0.39 is 0 Å². The molecular formula is C13H18N2O2. The van der Waals surface area contributed by atoms with Crippen LogP contribution in [0.2, 0.25) is 0 Å². The topological polar surface area (TPSA) is 41.6 Å². The average Bonchev–Trinajstić information content (AvgIpc) is 2.73. The van der Waals surface area contributed by atoms with Crippen LogP contribution >= 0.6 is 0 Å². The van der Waals surface area contributed by atoms with E-state index in [2.05, 4.69) is 17.3 Å². The number of carbonyl (C=O) groups excluding carboxylic acids is 1. The van der Waals surface area contributed by atoms with Gasteiger partial charge in [-0.05, 0) is 25.6 Å². The number of amides is 1. The van der Waals surface area contributed by atoms with Crippen molar-refractivity contribution >= 4 is 6.09 Å². The number of ether oxygens (including phenoxy) is 1. The largest absolute Gasteiger partial charge is 0.445 e. The smallest absolute Gasteiger partial charge is 0.407 e. The molecule has 1 amide bonds. The van der Waals surface area contributed by atoms with Gasteiger partial charge in [0.05, 0.1) is 0 Å². The first-order valence-electron chi connectivity index (χ1n) is 5.90. The molecule has 17 heavy (non-hydrogen) atoms. The second kappa shape index (κ2) is 5.68.